The molecule has 2 N–H and O–H groups in total. The SMILES string of the molecule is CC(C)OC(=O)CNC(=O)CNC(=O)c1ccc(Cl)cc1Cl. The molecule has 0 spiro atoms. The molecule has 2 amide bonds. The highest BCUT2D eigenvalue weighted by atomic mass is 35.5. The van der Waals surface area contributed by atoms with Crippen LogP contribution in [0, 0.1) is 0 Å². The highest BCUT2D eigenvalue weighted by molar-refractivity contribution is 6.36. The fraction of sp³-hybridized carbons (Fsp3) is 0.357. The van der Waals surface area contributed by atoms with Gasteiger partial charge in [0, 0.05) is 5.02 Å². The van der Waals surface area contributed by atoms with Crippen LogP contribution in [0.4, 0.5) is 0 Å². The molecule has 0 fully saturated rings. The molecular weight excluding hydrogens is 331 g/mol. The summed E-state index contributed by atoms with van der Waals surface area (Å²) in [6, 6.07) is 4.41. The molecule has 0 heterocycles. The van der Waals surface area contributed by atoms with E-state index in [1.807, 2.05) is 0 Å². The monoisotopic (exact) mass is 346 g/mol. The van der Waals surface area contributed by atoms with Crippen LogP contribution in [-0.4, -0.2) is 37.0 Å². The number of nitrogens with one attached hydrogen (secondary N) is 2. The van der Waals surface area contributed by atoms with E-state index in [-0.39, 0.29) is 29.8 Å². The quantitative estimate of drug-likeness (QED) is 0.769. The predicted molar refractivity (Wildman–Crippen MR) is 83.0 cm³/mol. The Labute approximate surface area is 138 Å². The van der Waals surface area contributed by atoms with Crippen LogP contribution < -0.4 is 10.6 Å². The van der Waals surface area contributed by atoms with Crippen molar-refractivity contribution in [2.45, 2.75) is 20.0 Å². The maximum absolute atomic E-state index is 11.9. The summed E-state index contributed by atoms with van der Waals surface area (Å²) < 4.78 is 4.85. The predicted octanol–water partition coefficient (Wildman–Crippen LogP) is 1.79. The maximum Gasteiger partial charge on any atom is 0.325 e. The van der Waals surface area contributed by atoms with Crippen molar-refractivity contribution in [3.63, 3.8) is 0 Å². The number of ether oxygens (including phenoxy) is 1. The van der Waals surface area contributed by atoms with Gasteiger partial charge in [0.15, 0.2) is 0 Å². The zero-order chi connectivity index (χ0) is 16.7. The van der Waals surface area contributed by atoms with Crippen LogP contribution >= 0.6 is 23.2 Å². The largest absolute Gasteiger partial charge is 0.462 e. The van der Waals surface area contributed by atoms with Crippen LogP contribution in [-0.2, 0) is 14.3 Å². The molecule has 8 heteroatoms. The maximum atomic E-state index is 11.9. The van der Waals surface area contributed by atoms with E-state index in [2.05, 4.69) is 10.6 Å². The normalized spacial score (nSPS) is 10.2. The van der Waals surface area contributed by atoms with Gasteiger partial charge in [0.1, 0.15) is 6.54 Å². The number of hydrogen-bond donors (Lipinski definition) is 2. The Kier molecular flexibility index (Phi) is 7.14. The Morgan fingerprint density at radius 1 is 1.14 bits per heavy atom. The molecule has 1 aromatic rings. The summed E-state index contributed by atoms with van der Waals surface area (Å²) in [5.41, 5.74) is 0.207. The minimum Gasteiger partial charge on any atom is -0.462 e. The van der Waals surface area contributed by atoms with Gasteiger partial charge in [-0.3, -0.25) is 14.4 Å². The molecule has 0 radical (unpaired) electrons. The number of benzene rings is 1. The number of carbonyl (C=O) groups excluding carboxylic acids is 3. The molecule has 0 aliphatic carbocycles. The average molecular weight is 347 g/mol. The van der Waals surface area contributed by atoms with E-state index < -0.39 is 17.8 Å². The third-order valence-electron chi connectivity index (χ3n) is 2.38. The van der Waals surface area contributed by atoms with E-state index in [0.717, 1.165) is 0 Å². The molecule has 0 aromatic heterocycles. The van der Waals surface area contributed by atoms with Gasteiger partial charge < -0.3 is 15.4 Å². The number of halogens is 2. The first-order valence-corrected chi connectivity index (χ1v) is 7.24. The van der Waals surface area contributed by atoms with Crippen molar-refractivity contribution in [3.8, 4) is 0 Å². The van der Waals surface area contributed by atoms with E-state index in [9.17, 15) is 14.4 Å². The molecule has 0 saturated carbocycles. The van der Waals surface area contributed by atoms with Crippen molar-refractivity contribution in [1.82, 2.24) is 10.6 Å². The van der Waals surface area contributed by atoms with Gasteiger partial charge in [0.05, 0.1) is 23.2 Å². The Morgan fingerprint density at radius 2 is 1.82 bits per heavy atom. The van der Waals surface area contributed by atoms with Crippen LogP contribution in [0.5, 0.6) is 0 Å². The number of carbonyl (C=O) groups is 3. The summed E-state index contributed by atoms with van der Waals surface area (Å²) in [6.07, 6.45) is -0.254. The van der Waals surface area contributed by atoms with Crippen molar-refractivity contribution in [3.05, 3.63) is 33.8 Å². The lowest BCUT2D eigenvalue weighted by Crippen LogP contribution is -2.39. The first kappa shape index (κ1) is 18.3. The number of amides is 2. The fourth-order valence-corrected chi connectivity index (χ4v) is 1.96. The van der Waals surface area contributed by atoms with Gasteiger partial charge >= 0.3 is 5.97 Å². The molecule has 0 bridgehead atoms. The molecule has 0 saturated heterocycles. The average Bonchev–Trinajstić information content (AvgIpc) is 2.41. The van der Waals surface area contributed by atoms with Crippen molar-refractivity contribution in [1.29, 1.82) is 0 Å². The minimum atomic E-state index is -0.546. The Morgan fingerprint density at radius 3 is 2.41 bits per heavy atom. The molecule has 120 valence electrons. The molecule has 0 aliphatic rings. The van der Waals surface area contributed by atoms with Crippen LogP contribution in [0.2, 0.25) is 10.0 Å². The number of rotatable bonds is 6. The van der Waals surface area contributed by atoms with Crippen molar-refractivity contribution in [2.24, 2.45) is 0 Å². The Hall–Kier alpha value is -1.79. The molecule has 22 heavy (non-hydrogen) atoms. The van der Waals surface area contributed by atoms with Gasteiger partial charge in [-0.15, -0.1) is 0 Å². The molecular formula is C14H16Cl2N2O4. The second-order valence-corrected chi connectivity index (χ2v) is 5.47. The lowest BCUT2D eigenvalue weighted by atomic mass is 10.2. The molecule has 1 aromatic carbocycles. The lowest BCUT2D eigenvalue weighted by molar-refractivity contribution is -0.147. The van der Waals surface area contributed by atoms with E-state index in [0.29, 0.717) is 5.02 Å². The van der Waals surface area contributed by atoms with Crippen LogP contribution in [0.15, 0.2) is 18.2 Å². The smallest absolute Gasteiger partial charge is 0.325 e. The van der Waals surface area contributed by atoms with E-state index in [4.69, 9.17) is 27.9 Å². The molecule has 0 aliphatic heterocycles. The summed E-state index contributed by atoms with van der Waals surface area (Å²) in [4.78, 5) is 34.6. The number of esters is 1. The summed E-state index contributed by atoms with van der Waals surface area (Å²) in [7, 11) is 0. The Bertz CT molecular complexity index is 576. The molecule has 1 rings (SSSR count). The summed E-state index contributed by atoms with van der Waals surface area (Å²) in [5, 5.41) is 5.32. The van der Waals surface area contributed by atoms with Crippen molar-refractivity contribution >= 4 is 41.0 Å². The van der Waals surface area contributed by atoms with E-state index >= 15 is 0 Å². The van der Waals surface area contributed by atoms with E-state index in [1.54, 1.807) is 13.8 Å². The zero-order valence-corrected chi connectivity index (χ0v) is 13.6. The van der Waals surface area contributed by atoms with Gasteiger partial charge in [-0.25, -0.2) is 0 Å². The highest BCUT2D eigenvalue weighted by Gasteiger charge is 2.13. The summed E-state index contributed by atoms with van der Waals surface area (Å²) in [6.45, 7) is 2.87. The first-order chi connectivity index (χ1) is 10.3. The van der Waals surface area contributed by atoms with Crippen molar-refractivity contribution < 1.29 is 19.1 Å². The van der Waals surface area contributed by atoms with Crippen LogP contribution in [0.1, 0.15) is 24.2 Å². The van der Waals surface area contributed by atoms with Gasteiger partial charge in [0.2, 0.25) is 5.91 Å². The molecule has 6 nitrogen and oxygen atoms in total. The minimum absolute atomic E-state index is 0.186. The first-order valence-electron chi connectivity index (χ1n) is 6.49. The standard InChI is InChI=1S/C14H16Cl2N2O4/c1-8(2)22-13(20)7-17-12(19)6-18-14(21)10-4-3-9(15)5-11(10)16/h3-5,8H,6-7H2,1-2H3,(H,17,19)(H,18,21). The third-order valence-corrected chi connectivity index (χ3v) is 2.93. The van der Waals surface area contributed by atoms with Crippen molar-refractivity contribution in [2.75, 3.05) is 13.1 Å². The van der Waals surface area contributed by atoms with Gasteiger partial charge in [-0.1, -0.05) is 23.2 Å². The molecule has 0 atom stereocenters. The van der Waals surface area contributed by atoms with Gasteiger partial charge in [-0.2, -0.15) is 0 Å². The van der Waals surface area contributed by atoms with Gasteiger partial charge in [-0.05, 0) is 32.0 Å². The second-order valence-electron chi connectivity index (χ2n) is 4.62. The Balaban J connectivity index is 2.40. The number of hydrogen-bond acceptors (Lipinski definition) is 4. The fourth-order valence-electron chi connectivity index (χ4n) is 1.47. The van der Waals surface area contributed by atoms with Crippen LogP contribution in [0.3, 0.4) is 0 Å². The summed E-state index contributed by atoms with van der Waals surface area (Å²) in [5.74, 6) is -1.57. The highest BCUT2D eigenvalue weighted by Crippen LogP contribution is 2.20. The second kappa shape index (κ2) is 8.60. The lowest BCUT2D eigenvalue weighted by Gasteiger charge is -2.09. The zero-order valence-electron chi connectivity index (χ0n) is 12.1. The summed E-state index contributed by atoms with van der Waals surface area (Å²) >= 11 is 11.6. The molecule has 0 unspecified atom stereocenters. The third kappa shape index (κ3) is 6.32. The van der Waals surface area contributed by atoms with E-state index in [1.165, 1.54) is 18.2 Å². The van der Waals surface area contributed by atoms with Crippen LogP contribution in [0.25, 0.3) is 0 Å². The van der Waals surface area contributed by atoms with Gasteiger partial charge in [0.25, 0.3) is 5.91 Å². The topological polar surface area (TPSA) is 84.5 Å².